The maximum atomic E-state index is 5.86. The molecular formula is C25H30N6OS. The number of thiocarbonyl (C=S) groups is 1. The largest absolute Gasteiger partial charge is 0.379 e. The molecule has 8 heteroatoms. The molecule has 0 unspecified atom stereocenters. The second-order valence-corrected chi connectivity index (χ2v) is 9.01. The minimum atomic E-state index is -0.0129. The van der Waals surface area contributed by atoms with Crippen LogP contribution in [0.1, 0.15) is 34.7 Å². The summed E-state index contributed by atoms with van der Waals surface area (Å²) in [6.07, 6.45) is 3.69. The molecule has 2 fully saturated rings. The van der Waals surface area contributed by atoms with Crippen LogP contribution >= 0.6 is 12.2 Å². The van der Waals surface area contributed by atoms with Gasteiger partial charge in [0.15, 0.2) is 5.11 Å². The molecule has 3 aromatic rings. The first-order valence-corrected chi connectivity index (χ1v) is 11.9. The Bertz CT molecular complexity index is 1100. The van der Waals surface area contributed by atoms with Crippen molar-refractivity contribution < 1.29 is 4.74 Å². The van der Waals surface area contributed by atoms with Crippen molar-refractivity contribution in [2.24, 2.45) is 0 Å². The molecule has 5 rings (SSSR count). The van der Waals surface area contributed by atoms with Crippen molar-refractivity contribution >= 4 is 17.3 Å². The zero-order valence-electron chi connectivity index (χ0n) is 19.1. The molecule has 7 nitrogen and oxygen atoms in total. The molecule has 0 bridgehead atoms. The lowest BCUT2D eigenvalue weighted by Crippen LogP contribution is -2.42. The van der Waals surface area contributed by atoms with Gasteiger partial charge in [0, 0.05) is 50.0 Å². The Labute approximate surface area is 200 Å². The van der Waals surface area contributed by atoms with Gasteiger partial charge in [-0.3, -0.25) is 9.88 Å². The van der Waals surface area contributed by atoms with Crippen LogP contribution in [-0.2, 0) is 4.74 Å². The molecule has 1 N–H and O–H groups in total. The first-order valence-electron chi connectivity index (χ1n) is 11.5. The monoisotopic (exact) mass is 462 g/mol. The van der Waals surface area contributed by atoms with E-state index in [1.807, 2.05) is 42.7 Å². The quantitative estimate of drug-likeness (QED) is 0.565. The maximum Gasteiger partial charge on any atom is 0.170 e. The third-order valence-corrected chi connectivity index (χ3v) is 6.98. The summed E-state index contributed by atoms with van der Waals surface area (Å²) in [6, 6.07) is 14.4. The Balaban J connectivity index is 1.52. The summed E-state index contributed by atoms with van der Waals surface area (Å²) in [7, 11) is 0. The first kappa shape index (κ1) is 22.0. The fourth-order valence-corrected chi connectivity index (χ4v) is 5.32. The number of aromatic nitrogens is 3. The smallest absolute Gasteiger partial charge is 0.170 e. The van der Waals surface area contributed by atoms with Crippen LogP contribution in [0.2, 0.25) is 0 Å². The van der Waals surface area contributed by atoms with Crippen LogP contribution in [0.15, 0.2) is 54.9 Å². The summed E-state index contributed by atoms with van der Waals surface area (Å²) in [4.78, 5) is 14.1. The van der Waals surface area contributed by atoms with Gasteiger partial charge in [-0.15, -0.1) is 0 Å². The molecule has 3 aromatic heterocycles. The van der Waals surface area contributed by atoms with Crippen molar-refractivity contribution in [2.45, 2.75) is 25.9 Å². The van der Waals surface area contributed by atoms with Gasteiger partial charge in [-0.25, -0.2) is 4.98 Å². The van der Waals surface area contributed by atoms with Crippen LogP contribution in [0.3, 0.4) is 0 Å². The number of nitrogens with one attached hydrogen (secondary N) is 1. The average molecular weight is 463 g/mol. The highest BCUT2D eigenvalue weighted by Crippen LogP contribution is 2.41. The predicted molar refractivity (Wildman–Crippen MR) is 132 cm³/mol. The second kappa shape index (κ2) is 9.59. The Morgan fingerprint density at radius 2 is 1.79 bits per heavy atom. The van der Waals surface area contributed by atoms with Crippen LogP contribution in [-0.4, -0.2) is 68.8 Å². The zero-order valence-corrected chi connectivity index (χ0v) is 20.0. The Hall–Kier alpha value is -2.81. The van der Waals surface area contributed by atoms with E-state index in [1.54, 1.807) is 0 Å². The summed E-state index contributed by atoms with van der Waals surface area (Å²) >= 11 is 5.86. The summed E-state index contributed by atoms with van der Waals surface area (Å²) in [5, 5.41) is 4.36. The maximum absolute atomic E-state index is 5.86. The minimum Gasteiger partial charge on any atom is -0.379 e. The average Bonchev–Trinajstić information content (AvgIpc) is 3.34. The first-order chi connectivity index (χ1) is 16.1. The molecule has 0 saturated carbocycles. The van der Waals surface area contributed by atoms with E-state index < -0.39 is 0 Å². The van der Waals surface area contributed by atoms with Crippen molar-refractivity contribution in [1.82, 2.24) is 29.7 Å². The second-order valence-electron chi connectivity index (χ2n) is 8.62. The van der Waals surface area contributed by atoms with Crippen molar-refractivity contribution in [3.8, 4) is 5.82 Å². The van der Waals surface area contributed by atoms with Crippen LogP contribution in [0.4, 0.5) is 0 Å². The van der Waals surface area contributed by atoms with E-state index in [2.05, 4.69) is 55.6 Å². The zero-order chi connectivity index (χ0) is 22.8. The van der Waals surface area contributed by atoms with Gasteiger partial charge in [0.05, 0.1) is 31.0 Å². The number of nitrogens with zero attached hydrogens (tertiary/aromatic N) is 5. The number of hydrogen-bond donors (Lipinski definition) is 1. The molecule has 0 spiro atoms. The van der Waals surface area contributed by atoms with Crippen molar-refractivity contribution in [1.29, 1.82) is 0 Å². The van der Waals surface area contributed by atoms with Gasteiger partial charge in [-0.1, -0.05) is 12.1 Å². The number of ether oxygens (including phenoxy) is 1. The van der Waals surface area contributed by atoms with Crippen molar-refractivity contribution in [3.05, 3.63) is 77.5 Å². The molecular weight excluding hydrogens is 432 g/mol. The summed E-state index contributed by atoms with van der Waals surface area (Å²) in [5.41, 5.74) is 4.59. The standard InChI is InChI=1S/C25H30N6OS/c1-18-17-20(19(2)31(18)22-8-4-6-10-27-22)24-23(21-7-3-5-9-26-21)28-25(33)30(24)12-11-29-13-15-32-16-14-29/h3-10,17,23-24H,11-16H2,1-2H3,(H,28,33)/t23-,24+/m0/s1. The lowest BCUT2D eigenvalue weighted by atomic mass is 9.97. The molecule has 0 aliphatic carbocycles. The Kier molecular flexibility index (Phi) is 6.39. The highest BCUT2D eigenvalue weighted by atomic mass is 32.1. The van der Waals surface area contributed by atoms with Crippen LogP contribution in [0.25, 0.3) is 5.82 Å². The van der Waals surface area contributed by atoms with Crippen LogP contribution in [0.5, 0.6) is 0 Å². The number of morpholine rings is 1. The summed E-state index contributed by atoms with van der Waals surface area (Å²) < 4.78 is 7.75. The number of hydrogen-bond acceptors (Lipinski definition) is 5. The molecule has 33 heavy (non-hydrogen) atoms. The van der Waals surface area contributed by atoms with Gasteiger partial charge < -0.3 is 19.5 Å². The molecule has 172 valence electrons. The highest BCUT2D eigenvalue weighted by Gasteiger charge is 2.41. The SMILES string of the molecule is Cc1cc([C@@H]2[C@H](c3ccccn3)NC(=S)N2CCN2CCOCC2)c(C)n1-c1ccccn1. The Morgan fingerprint density at radius 3 is 2.48 bits per heavy atom. The number of aryl methyl sites for hydroxylation is 1. The van der Waals surface area contributed by atoms with E-state index in [0.717, 1.165) is 61.7 Å². The van der Waals surface area contributed by atoms with Gasteiger partial charge in [-0.05, 0) is 62.0 Å². The topological polar surface area (TPSA) is 58.5 Å². The van der Waals surface area contributed by atoms with Gasteiger partial charge in [-0.2, -0.15) is 0 Å². The molecule has 2 aliphatic heterocycles. The molecule has 2 saturated heterocycles. The van der Waals surface area contributed by atoms with Crippen molar-refractivity contribution in [2.75, 3.05) is 39.4 Å². The highest BCUT2D eigenvalue weighted by molar-refractivity contribution is 7.80. The lowest BCUT2D eigenvalue weighted by molar-refractivity contribution is 0.0350. The molecule has 0 aromatic carbocycles. The Morgan fingerprint density at radius 1 is 1.03 bits per heavy atom. The van der Waals surface area contributed by atoms with E-state index in [0.29, 0.717) is 0 Å². The van der Waals surface area contributed by atoms with Gasteiger partial charge >= 0.3 is 0 Å². The number of pyridine rings is 2. The molecule has 0 amide bonds. The van der Waals surface area contributed by atoms with Gasteiger partial charge in [0.1, 0.15) is 5.82 Å². The number of rotatable bonds is 6. The predicted octanol–water partition coefficient (Wildman–Crippen LogP) is 3.19. The van der Waals surface area contributed by atoms with Crippen molar-refractivity contribution in [3.63, 3.8) is 0 Å². The summed E-state index contributed by atoms with van der Waals surface area (Å²) in [5.74, 6) is 0.932. The molecule has 5 heterocycles. The molecule has 0 radical (unpaired) electrons. The fraction of sp³-hybridized carbons (Fsp3) is 0.400. The van der Waals surface area contributed by atoms with Crippen LogP contribution in [0, 0.1) is 13.8 Å². The summed E-state index contributed by atoms with van der Waals surface area (Å²) in [6.45, 7) is 9.66. The molecule has 2 atom stereocenters. The normalized spacial score (nSPS) is 21.4. The van der Waals surface area contributed by atoms with Gasteiger partial charge in [0.2, 0.25) is 0 Å². The van der Waals surface area contributed by atoms with E-state index in [4.69, 9.17) is 17.0 Å². The van der Waals surface area contributed by atoms with E-state index >= 15 is 0 Å². The fourth-order valence-electron chi connectivity index (χ4n) is 4.98. The van der Waals surface area contributed by atoms with E-state index in [9.17, 15) is 0 Å². The van der Waals surface area contributed by atoms with E-state index in [1.165, 1.54) is 11.3 Å². The third-order valence-electron chi connectivity index (χ3n) is 6.63. The van der Waals surface area contributed by atoms with Crippen LogP contribution < -0.4 is 5.32 Å². The third kappa shape index (κ3) is 4.38. The van der Waals surface area contributed by atoms with Gasteiger partial charge in [0.25, 0.3) is 0 Å². The van der Waals surface area contributed by atoms with E-state index in [-0.39, 0.29) is 12.1 Å². The lowest BCUT2D eigenvalue weighted by Gasteiger charge is -2.32. The molecule has 2 aliphatic rings. The minimum absolute atomic E-state index is 0.0129.